The van der Waals surface area contributed by atoms with Gasteiger partial charge < -0.3 is 10.2 Å². The number of hydrogen-bond acceptors (Lipinski definition) is 5. The van der Waals surface area contributed by atoms with E-state index >= 15 is 0 Å². The van der Waals surface area contributed by atoms with Crippen molar-refractivity contribution in [3.63, 3.8) is 0 Å². The predicted molar refractivity (Wildman–Crippen MR) is 104 cm³/mol. The lowest BCUT2D eigenvalue weighted by Gasteiger charge is -2.17. The monoisotopic (exact) mass is 449 g/mol. The summed E-state index contributed by atoms with van der Waals surface area (Å²) in [5, 5.41) is 9.07. The number of benzene rings is 1. The molecular weight excluding hydrogens is 431 g/mol. The van der Waals surface area contributed by atoms with Crippen LogP contribution in [0, 0.1) is 0 Å². The first-order valence-corrected chi connectivity index (χ1v) is 9.91. The maximum atomic E-state index is 12.9. The van der Waals surface area contributed by atoms with Crippen molar-refractivity contribution < 1.29 is 22.8 Å². The zero-order chi connectivity index (χ0) is 21.6. The minimum atomic E-state index is -4.64. The molecule has 0 radical (unpaired) electrons. The maximum absolute atomic E-state index is 12.9. The molecule has 0 unspecified atom stereocenters. The van der Waals surface area contributed by atoms with Crippen molar-refractivity contribution in [2.24, 2.45) is 0 Å². The number of carbonyl (C=O) groups excluding carboxylic acids is 2. The van der Waals surface area contributed by atoms with Crippen LogP contribution >= 0.6 is 23.4 Å². The molecule has 7 nitrogen and oxygen atoms in total. The van der Waals surface area contributed by atoms with E-state index in [4.69, 9.17) is 11.6 Å². The van der Waals surface area contributed by atoms with E-state index in [0.29, 0.717) is 5.16 Å². The van der Waals surface area contributed by atoms with Crippen molar-refractivity contribution in [2.45, 2.75) is 31.1 Å². The van der Waals surface area contributed by atoms with Gasteiger partial charge in [0.15, 0.2) is 0 Å². The van der Waals surface area contributed by atoms with Gasteiger partial charge in [0.1, 0.15) is 5.82 Å². The molecule has 0 aliphatic heterocycles. The summed E-state index contributed by atoms with van der Waals surface area (Å²) in [6.45, 7) is 1.69. The summed E-state index contributed by atoms with van der Waals surface area (Å²) in [6, 6.07) is 3.05. The van der Waals surface area contributed by atoms with Crippen LogP contribution in [-0.4, -0.2) is 51.2 Å². The number of H-pyrrole nitrogens is 1. The van der Waals surface area contributed by atoms with Gasteiger partial charge >= 0.3 is 6.18 Å². The minimum Gasteiger partial charge on any atom is -0.336 e. The Balaban J connectivity index is 1.87. The predicted octanol–water partition coefficient (Wildman–Crippen LogP) is 3.62. The number of halogens is 4. The van der Waals surface area contributed by atoms with Crippen LogP contribution in [-0.2, 0) is 22.2 Å². The number of aromatic nitrogens is 3. The molecule has 12 heteroatoms. The molecule has 2 N–H and O–H groups in total. The number of thioether (sulfide) groups is 1. The molecule has 2 rings (SSSR count). The molecule has 0 spiro atoms. The highest BCUT2D eigenvalue weighted by molar-refractivity contribution is 7.99. The fourth-order valence-electron chi connectivity index (χ4n) is 2.25. The second-order valence-corrected chi connectivity index (χ2v) is 7.44. The molecule has 1 aromatic carbocycles. The summed E-state index contributed by atoms with van der Waals surface area (Å²) < 4.78 is 38.7. The number of carbonyl (C=O) groups is 2. The molecule has 0 aliphatic rings. The second kappa shape index (κ2) is 9.97. The fourth-order valence-corrected chi connectivity index (χ4v) is 3.23. The van der Waals surface area contributed by atoms with Gasteiger partial charge in [-0.2, -0.15) is 13.2 Å². The van der Waals surface area contributed by atoms with Crippen LogP contribution < -0.4 is 5.32 Å². The first-order chi connectivity index (χ1) is 13.6. The molecule has 29 heavy (non-hydrogen) atoms. The van der Waals surface area contributed by atoms with Crippen molar-refractivity contribution >= 4 is 40.9 Å². The minimum absolute atomic E-state index is 0.0202. The highest BCUT2D eigenvalue weighted by Gasteiger charge is 2.33. The van der Waals surface area contributed by atoms with Crippen molar-refractivity contribution in [2.75, 3.05) is 24.7 Å². The third kappa shape index (κ3) is 6.93. The Kier molecular flexibility index (Phi) is 7.91. The van der Waals surface area contributed by atoms with Gasteiger partial charge in [-0.05, 0) is 24.6 Å². The van der Waals surface area contributed by atoms with Crippen LogP contribution in [0.1, 0.15) is 24.7 Å². The molecule has 0 saturated heterocycles. The van der Waals surface area contributed by atoms with Crippen molar-refractivity contribution in [3.05, 3.63) is 34.6 Å². The van der Waals surface area contributed by atoms with E-state index in [2.05, 4.69) is 20.5 Å². The van der Waals surface area contributed by atoms with Crippen LogP contribution in [0.3, 0.4) is 0 Å². The van der Waals surface area contributed by atoms with Gasteiger partial charge in [-0.15, -0.1) is 5.10 Å². The summed E-state index contributed by atoms with van der Waals surface area (Å²) in [4.78, 5) is 29.6. The van der Waals surface area contributed by atoms with Gasteiger partial charge in [-0.3, -0.25) is 14.7 Å². The molecule has 0 saturated carbocycles. The smallest absolute Gasteiger partial charge is 0.336 e. The van der Waals surface area contributed by atoms with E-state index < -0.39 is 22.7 Å². The number of rotatable bonds is 8. The topological polar surface area (TPSA) is 91.0 Å². The number of hydrogen-bond donors (Lipinski definition) is 2. The Morgan fingerprint density at radius 1 is 1.34 bits per heavy atom. The van der Waals surface area contributed by atoms with Gasteiger partial charge in [0.25, 0.3) is 0 Å². The lowest BCUT2D eigenvalue weighted by molar-refractivity contribution is -0.137. The lowest BCUT2D eigenvalue weighted by atomic mass is 10.2. The fraction of sp³-hybridized carbons (Fsp3) is 0.412. The molecule has 0 fully saturated rings. The van der Waals surface area contributed by atoms with Crippen LogP contribution in [0.15, 0.2) is 23.4 Å². The standard InChI is InChI=1S/C17H19ClF3N5O2S/c1-3-4-13-23-16(25-24-13)29-9-15(28)26(2)8-14(27)22-10-5-6-12(18)11(7-10)17(19,20)21/h5-7H,3-4,8-9H2,1-2H3,(H,22,27)(H,23,24,25). The molecule has 1 heterocycles. The number of likely N-dealkylation sites (N-methyl/N-ethyl adjacent to an activating group) is 1. The number of amides is 2. The number of nitrogens with one attached hydrogen (secondary N) is 2. The quantitative estimate of drug-likeness (QED) is 0.601. The molecular formula is C17H19ClF3N5O2S. The van der Waals surface area contributed by atoms with E-state index in [1.165, 1.54) is 18.0 Å². The molecule has 2 aromatic rings. The Morgan fingerprint density at radius 2 is 2.07 bits per heavy atom. The van der Waals surface area contributed by atoms with Crippen LogP contribution in [0.25, 0.3) is 0 Å². The third-order valence-corrected chi connectivity index (χ3v) is 4.85. The Labute approximate surface area is 174 Å². The summed E-state index contributed by atoms with van der Waals surface area (Å²) >= 11 is 6.67. The van der Waals surface area contributed by atoms with Gasteiger partial charge in [0.05, 0.1) is 22.9 Å². The van der Waals surface area contributed by atoms with Gasteiger partial charge in [-0.25, -0.2) is 4.98 Å². The van der Waals surface area contributed by atoms with Gasteiger partial charge in [-0.1, -0.05) is 30.3 Å². The summed E-state index contributed by atoms with van der Waals surface area (Å²) in [5.41, 5.74) is -1.11. The average molecular weight is 450 g/mol. The molecule has 0 aliphatic carbocycles. The lowest BCUT2D eigenvalue weighted by Crippen LogP contribution is -2.36. The Hall–Kier alpha value is -2.27. The van der Waals surface area contributed by atoms with E-state index in [1.54, 1.807) is 0 Å². The normalized spacial score (nSPS) is 11.4. The summed E-state index contributed by atoms with van der Waals surface area (Å²) in [7, 11) is 1.42. The zero-order valence-electron chi connectivity index (χ0n) is 15.6. The number of nitrogens with zero attached hydrogens (tertiary/aromatic N) is 3. The van der Waals surface area contributed by atoms with E-state index in [9.17, 15) is 22.8 Å². The number of aromatic amines is 1. The van der Waals surface area contributed by atoms with Crippen molar-refractivity contribution in [1.29, 1.82) is 0 Å². The Morgan fingerprint density at radius 3 is 2.72 bits per heavy atom. The van der Waals surface area contributed by atoms with Gasteiger partial charge in [0, 0.05) is 19.2 Å². The van der Waals surface area contributed by atoms with Gasteiger partial charge in [0.2, 0.25) is 17.0 Å². The van der Waals surface area contributed by atoms with E-state index in [0.717, 1.165) is 42.6 Å². The molecule has 0 bridgehead atoms. The maximum Gasteiger partial charge on any atom is 0.417 e. The summed E-state index contributed by atoms with van der Waals surface area (Å²) in [5.74, 6) is -0.230. The van der Waals surface area contributed by atoms with Crippen molar-refractivity contribution in [1.82, 2.24) is 20.1 Å². The molecule has 2 amide bonds. The second-order valence-electron chi connectivity index (χ2n) is 6.09. The molecule has 1 aromatic heterocycles. The van der Waals surface area contributed by atoms with E-state index in [-0.39, 0.29) is 23.9 Å². The Bertz CT molecular complexity index is 875. The number of aryl methyl sites for hydroxylation is 1. The number of alkyl halides is 3. The average Bonchev–Trinajstić information content (AvgIpc) is 3.08. The largest absolute Gasteiger partial charge is 0.417 e. The van der Waals surface area contributed by atoms with Crippen LogP contribution in [0.4, 0.5) is 18.9 Å². The molecule has 0 atom stereocenters. The highest BCUT2D eigenvalue weighted by Crippen LogP contribution is 2.36. The van der Waals surface area contributed by atoms with E-state index in [1.807, 2.05) is 6.92 Å². The zero-order valence-corrected chi connectivity index (χ0v) is 17.2. The highest BCUT2D eigenvalue weighted by atomic mass is 35.5. The summed E-state index contributed by atoms with van der Waals surface area (Å²) in [6.07, 6.45) is -2.98. The van der Waals surface area contributed by atoms with Crippen LogP contribution in [0.2, 0.25) is 5.02 Å². The first kappa shape index (κ1) is 23.0. The SMILES string of the molecule is CCCc1nc(SCC(=O)N(C)CC(=O)Nc2ccc(Cl)c(C(F)(F)F)c2)n[nH]1. The first-order valence-electron chi connectivity index (χ1n) is 8.54. The number of anilines is 1. The van der Waals surface area contributed by atoms with Crippen molar-refractivity contribution in [3.8, 4) is 0 Å². The third-order valence-electron chi connectivity index (χ3n) is 3.68. The molecule has 158 valence electrons. The van der Waals surface area contributed by atoms with Crippen LogP contribution in [0.5, 0.6) is 0 Å².